The molecule has 0 saturated heterocycles. The minimum Gasteiger partial charge on any atom is -0.143 e. The van der Waals surface area contributed by atoms with Crippen LogP contribution in [0.5, 0.6) is 0 Å². The zero-order chi connectivity index (χ0) is 10.5. The Morgan fingerprint density at radius 1 is 0.733 bits per heavy atom. The number of rotatable bonds is 3. The molecule has 2 aromatic rings. The summed E-state index contributed by atoms with van der Waals surface area (Å²) >= 11 is 3.55. The predicted molar refractivity (Wildman–Crippen MR) is 61.5 cm³/mol. The number of aromatic nitrogens is 2. The Morgan fingerprint density at radius 2 is 1.13 bits per heavy atom. The average molecular weight is 265 g/mol. The molecule has 0 spiro atoms. The molecule has 0 unspecified atom stereocenters. The first-order valence-electron chi connectivity index (χ1n) is 4.89. The van der Waals surface area contributed by atoms with Gasteiger partial charge in [0.15, 0.2) is 24.8 Å². The standard InChI is InChI=1S/C12H13BrN2/c13-11-12(14-7-3-1-4-8-14)15-9-5-2-6-10-15/h1-10,12H,11H2/q+2. The molecule has 0 aliphatic rings. The van der Waals surface area contributed by atoms with Crippen LogP contribution in [0, 0.1) is 0 Å². The Morgan fingerprint density at radius 3 is 1.47 bits per heavy atom. The van der Waals surface area contributed by atoms with Crippen molar-refractivity contribution in [3.05, 3.63) is 61.2 Å². The lowest BCUT2D eigenvalue weighted by molar-refractivity contribution is -0.939. The van der Waals surface area contributed by atoms with Crippen molar-refractivity contribution in [2.24, 2.45) is 0 Å². The van der Waals surface area contributed by atoms with Gasteiger partial charge in [-0.05, 0) is 0 Å². The molecular weight excluding hydrogens is 252 g/mol. The van der Waals surface area contributed by atoms with Gasteiger partial charge in [0.1, 0.15) is 5.33 Å². The molecule has 0 saturated carbocycles. The normalized spacial score (nSPS) is 10.5. The van der Waals surface area contributed by atoms with E-state index >= 15 is 0 Å². The maximum atomic E-state index is 3.55. The lowest BCUT2D eigenvalue weighted by Gasteiger charge is -2.03. The Kier molecular flexibility index (Phi) is 3.45. The largest absolute Gasteiger partial charge is 0.362 e. The molecule has 2 heterocycles. The van der Waals surface area contributed by atoms with E-state index in [2.05, 4.69) is 49.9 Å². The van der Waals surface area contributed by atoms with Crippen LogP contribution in [0.15, 0.2) is 61.2 Å². The monoisotopic (exact) mass is 264 g/mol. The Hall–Kier alpha value is -1.22. The van der Waals surface area contributed by atoms with Crippen molar-refractivity contribution in [1.29, 1.82) is 0 Å². The molecule has 0 aliphatic heterocycles. The first kappa shape index (κ1) is 10.3. The summed E-state index contributed by atoms with van der Waals surface area (Å²) in [7, 11) is 0. The second-order valence-electron chi connectivity index (χ2n) is 3.28. The summed E-state index contributed by atoms with van der Waals surface area (Å²) in [4.78, 5) is 0. The zero-order valence-corrected chi connectivity index (χ0v) is 9.92. The molecule has 0 atom stereocenters. The van der Waals surface area contributed by atoms with Gasteiger partial charge in [0.2, 0.25) is 0 Å². The van der Waals surface area contributed by atoms with Crippen molar-refractivity contribution in [3.8, 4) is 0 Å². The number of alkyl halides is 1. The highest BCUT2D eigenvalue weighted by molar-refractivity contribution is 9.09. The quantitative estimate of drug-likeness (QED) is 0.589. The van der Waals surface area contributed by atoms with Crippen molar-refractivity contribution >= 4 is 15.9 Å². The maximum absolute atomic E-state index is 3.55. The van der Waals surface area contributed by atoms with E-state index in [9.17, 15) is 0 Å². The number of hydrogen-bond donors (Lipinski definition) is 0. The molecule has 76 valence electrons. The third-order valence-corrected chi connectivity index (χ3v) is 2.88. The summed E-state index contributed by atoms with van der Waals surface area (Å²) in [5, 5.41) is 0.885. The molecule has 3 heteroatoms. The van der Waals surface area contributed by atoms with E-state index in [0.717, 1.165) is 5.33 Å². The SMILES string of the molecule is BrCC([n+]1ccccc1)[n+]1ccccc1. The van der Waals surface area contributed by atoms with E-state index in [1.807, 2.05) is 36.4 Å². The molecule has 0 N–H and O–H groups in total. The molecule has 0 aliphatic carbocycles. The maximum Gasteiger partial charge on any atom is 0.362 e. The Labute approximate surface area is 97.9 Å². The van der Waals surface area contributed by atoms with E-state index in [-0.39, 0.29) is 6.17 Å². The molecule has 0 fully saturated rings. The fourth-order valence-corrected chi connectivity index (χ4v) is 2.20. The molecule has 2 nitrogen and oxygen atoms in total. The molecular formula is C12H13BrN2+2. The minimum atomic E-state index is 0.285. The Bertz CT molecular complexity index is 363. The zero-order valence-electron chi connectivity index (χ0n) is 8.33. The average Bonchev–Trinajstić information content (AvgIpc) is 2.33. The highest BCUT2D eigenvalue weighted by Gasteiger charge is 2.24. The van der Waals surface area contributed by atoms with Gasteiger partial charge in [-0.3, -0.25) is 0 Å². The van der Waals surface area contributed by atoms with Gasteiger partial charge in [-0.2, -0.15) is 0 Å². The van der Waals surface area contributed by atoms with E-state index < -0.39 is 0 Å². The number of nitrogens with zero attached hydrogens (tertiary/aromatic N) is 2. The van der Waals surface area contributed by atoms with Gasteiger partial charge in [-0.25, -0.2) is 0 Å². The third kappa shape index (κ3) is 2.42. The molecule has 2 rings (SSSR count). The topological polar surface area (TPSA) is 7.76 Å². The Balaban J connectivity index is 2.34. The molecule has 0 aromatic carbocycles. The van der Waals surface area contributed by atoms with Crippen LogP contribution in [0.25, 0.3) is 0 Å². The van der Waals surface area contributed by atoms with Crippen LogP contribution < -0.4 is 9.13 Å². The summed E-state index contributed by atoms with van der Waals surface area (Å²) in [5.74, 6) is 0. The van der Waals surface area contributed by atoms with E-state index in [4.69, 9.17) is 0 Å². The van der Waals surface area contributed by atoms with Crippen molar-refractivity contribution in [3.63, 3.8) is 0 Å². The highest BCUT2D eigenvalue weighted by Crippen LogP contribution is 1.96. The summed E-state index contributed by atoms with van der Waals surface area (Å²) in [6, 6.07) is 12.2. The number of hydrogen-bond acceptors (Lipinski definition) is 0. The van der Waals surface area contributed by atoms with Crippen molar-refractivity contribution in [2.45, 2.75) is 6.17 Å². The fraction of sp³-hybridized carbons (Fsp3) is 0.167. The van der Waals surface area contributed by atoms with Gasteiger partial charge in [0.25, 0.3) is 0 Å². The number of halogens is 1. The first-order valence-corrected chi connectivity index (χ1v) is 6.01. The van der Waals surface area contributed by atoms with Gasteiger partial charge in [0, 0.05) is 24.3 Å². The molecule has 0 amide bonds. The van der Waals surface area contributed by atoms with Crippen molar-refractivity contribution in [1.82, 2.24) is 0 Å². The van der Waals surface area contributed by atoms with Crippen LogP contribution in [0.3, 0.4) is 0 Å². The van der Waals surface area contributed by atoms with Crippen LogP contribution in [0.4, 0.5) is 0 Å². The molecule has 0 bridgehead atoms. The first-order chi connectivity index (χ1) is 7.42. The van der Waals surface area contributed by atoms with Crippen molar-refractivity contribution in [2.75, 3.05) is 5.33 Å². The third-order valence-electron chi connectivity index (χ3n) is 2.30. The second-order valence-corrected chi connectivity index (χ2v) is 3.93. The van der Waals surface area contributed by atoms with Crippen LogP contribution in [0.1, 0.15) is 6.17 Å². The van der Waals surface area contributed by atoms with Gasteiger partial charge in [0.05, 0.1) is 0 Å². The van der Waals surface area contributed by atoms with Gasteiger partial charge >= 0.3 is 6.17 Å². The molecule has 2 aromatic heterocycles. The summed E-state index contributed by atoms with van der Waals surface area (Å²) in [6.45, 7) is 0. The lowest BCUT2D eigenvalue weighted by atomic mass is 10.4. The van der Waals surface area contributed by atoms with Crippen LogP contribution in [-0.4, -0.2) is 5.33 Å². The summed E-state index contributed by atoms with van der Waals surface area (Å²) in [6.07, 6.45) is 8.59. The van der Waals surface area contributed by atoms with Crippen LogP contribution in [-0.2, 0) is 0 Å². The lowest BCUT2D eigenvalue weighted by Crippen LogP contribution is -2.57. The van der Waals surface area contributed by atoms with Gasteiger partial charge in [-0.15, -0.1) is 9.13 Å². The van der Waals surface area contributed by atoms with Gasteiger partial charge < -0.3 is 0 Å². The van der Waals surface area contributed by atoms with Crippen LogP contribution in [0.2, 0.25) is 0 Å². The summed E-state index contributed by atoms with van der Waals surface area (Å²) < 4.78 is 4.35. The smallest absolute Gasteiger partial charge is 0.143 e. The second kappa shape index (κ2) is 5.03. The van der Waals surface area contributed by atoms with E-state index in [1.165, 1.54) is 0 Å². The van der Waals surface area contributed by atoms with E-state index in [0.29, 0.717) is 0 Å². The van der Waals surface area contributed by atoms with Crippen molar-refractivity contribution < 1.29 is 9.13 Å². The van der Waals surface area contributed by atoms with E-state index in [1.54, 1.807) is 0 Å². The fourth-order valence-electron chi connectivity index (χ4n) is 1.53. The van der Waals surface area contributed by atoms with Gasteiger partial charge in [-0.1, -0.05) is 28.1 Å². The van der Waals surface area contributed by atoms with Crippen LogP contribution >= 0.6 is 15.9 Å². The predicted octanol–water partition coefficient (Wildman–Crippen LogP) is 1.70. The minimum absolute atomic E-state index is 0.285. The molecule has 15 heavy (non-hydrogen) atoms. The summed E-state index contributed by atoms with van der Waals surface area (Å²) in [5.41, 5.74) is 0. The number of pyridine rings is 2. The molecule has 0 radical (unpaired) electrons. The highest BCUT2D eigenvalue weighted by atomic mass is 79.9.